The van der Waals surface area contributed by atoms with E-state index in [1.54, 1.807) is 0 Å². The van der Waals surface area contributed by atoms with Crippen molar-refractivity contribution in [3.8, 4) is 5.75 Å². The van der Waals surface area contributed by atoms with Crippen molar-refractivity contribution in [3.05, 3.63) is 65.7 Å². The van der Waals surface area contributed by atoms with Crippen molar-refractivity contribution in [2.45, 2.75) is 26.2 Å². The first-order chi connectivity index (χ1) is 11.8. The third-order valence-electron chi connectivity index (χ3n) is 4.62. The van der Waals surface area contributed by atoms with E-state index in [0.717, 1.165) is 25.3 Å². The van der Waals surface area contributed by atoms with E-state index in [1.807, 2.05) is 0 Å². The van der Waals surface area contributed by atoms with Gasteiger partial charge in [0.05, 0.1) is 0 Å². The van der Waals surface area contributed by atoms with Gasteiger partial charge in [-0.05, 0) is 61.2 Å². The first-order valence-electron chi connectivity index (χ1n) is 9.06. The third kappa shape index (κ3) is 4.72. The van der Waals surface area contributed by atoms with Gasteiger partial charge in [-0.1, -0.05) is 55.5 Å². The summed E-state index contributed by atoms with van der Waals surface area (Å²) in [4.78, 5) is 2.48. The molecule has 0 aromatic heterocycles. The molecule has 2 aromatic rings. The van der Waals surface area contributed by atoms with Gasteiger partial charge in [-0.25, -0.2) is 0 Å². The van der Waals surface area contributed by atoms with Crippen LogP contribution < -0.4 is 4.74 Å². The summed E-state index contributed by atoms with van der Waals surface area (Å²) in [6, 6.07) is 19.0. The Bertz CT molecular complexity index is 639. The SMILES string of the molecule is CCC(=Cc1ccccc1)c1ccc(OCCN2CCCC2)cc1. The Balaban J connectivity index is 1.59. The smallest absolute Gasteiger partial charge is 0.119 e. The molecular weight excluding hydrogens is 294 g/mol. The molecule has 0 N–H and O–H groups in total. The van der Waals surface area contributed by atoms with Gasteiger partial charge in [0.25, 0.3) is 0 Å². The van der Waals surface area contributed by atoms with E-state index in [1.165, 1.54) is 42.6 Å². The Morgan fingerprint density at radius 3 is 2.38 bits per heavy atom. The van der Waals surface area contributed by atoms with Gasteiger partial charge < -0.3 is 4.74 Å². The molecule has 1 fully saturated rings. The maximum Gasteiger partial charge on any atom is 0.119 e. The van der Waals surface area contributed by atoms with Crippen LogP contribution in [-0.4, -0.2) is 31.1 Å². The zero-order valence-electron chi connectivity index (χ0n) is 14.6. The van der Waals surface area contributed by atoms with Gasteiger partial charge >= 0.3 is 0 Å². The van der Waals surface area contributed by atoms with Crippen LogP contribution >= 0.6 is 0 Å². The van der Waals surface area contributed by atoms with Gasteiger partial charge in [0, 0.05) is 6.54 Å². The first-order valence-corrected chi connectivity index (χ1v) is 9.06. The van der Waals surface area contributed by atoms with Gasteiger partial charge in [0.2, 0.25) is 0 Å². The number of allylic oxidation sites excluding steroid dienone is 1. The minimum atomic E-state index is 0.778. The number of hydrogen-bond donors (Lipinski definition) is 0. The van der Waals surface area contributed by atoms with Crippen LogP contribution in [0.3, 0.4) is 0 Å². The standard InChI is InChI=1S/C22H27NO/c1-2-20(18-19-8-4-3-5-9-19)21-10-12-22(13-11-21)24-17-16-23-14-6-7-15-23/h3-5,8-13,18H,2,6-7,14-17H2,1H3. The topological polar surface area (TPSA) is 12.5 Å². The maximum absolute atomic E-state index is 5.89. The quantitative estimate of drug-likeness (QED) is 0.657. The molecule has 24 heavy (non-hydrogen) atoms. The molecule has 0 atom stereocenters. The second-order valence-electron chi connectivity index (χ2n) is 6.36. The summed E-state index contributed by atoms with van der Waals surface area (Å²) in [7, 11) is 0. The van der Waals surface area contributed by atoms with E-state index in [0.29, 0.717) is 0 Å². The molecule has 126 valence electrons. The summed E-state index contributed by atoms with van der Waals surface area (Å²) in [6.07, 6.45) is 5.96. The van der Waals surface area contributed by atoms with E-state index < -0.39 is 0 Å². The first kappa shape index (κ1) is 16.8. The molecule has 1 heterocycles. The summed E-state index contributed by atoms with van der Waals surface area (Å²) in [5, 5.41) is 0. The zero-order chi connectivity index (χ0) is 16.6. The summed E-state index contributed by atoms with van der Waals surface area (Å²) in [5.74, 6) is 0.966. The lowest BCUT2D eigenvalue weighted by Crippen LogP contribution is -2.25. The number of ether oxygens (including phenoxy) is 1. The van der Waals surface area contributed by atoms with E-state index in [4.69, 9.17) is 4.74 Å². The molecule has 0 spiro atoms. The van der Waals surface area contributed by atoms with Crippen molar-refractivity contribution in [2.75, 3.05) is 26.2 Å². The Morgan fingerprint density at radius 2 is 1.71 bits per heavy atom. The molecule has 2 aromatic carbocycles. The molecule has 0 unspecified atom stereocenters. The zero-order valence-corrected chi connectivity index (χ0v) is 14.6. The van der Waals surface area contributed by atoms with Crippen molar-refractivity contribution in [1.29, 1.82) is 0 Å². The van der Waals surface area contributed by atoms with Crippen LogP contribution in [0.5, 0.6) is 5.75 Å². The molecule has 0 saturated carbocycles. The van der Waals surface area contributed by atoms with Gasteiger partial charge in [0.1, 0.15) is 12.4 Å². The molecule has 0 radical (unpaired) electrons. The Kier molecular flexibility index (Phi) is 6.08. The predicted octanol–water partition coefficient (Wildman–Crippen LogP) is 5.11. The van der Waals surface area contributed by atoms with Crippen LogP contribution in [0.1, 0.15) is 37.3 Å². The molecule has 1 aliphatic rings. The fourth-order valence-corrected chi connectivity index (χ4v) is 3.20. The van der Waals surface area contributed by atoms with E-state index in [-0.39, 0.29) is 0 Å². The van der Waals surface area contributed by atoms with Gasteiger partial charge in [0.15, 0.2) is 0 Å². The molecule has 0 aliphatic carbocycles. The average molecular weight is 321 g/mol. The van der Waals surface area contributed by atoms with Crippen LogP contribution in [0.2, 0.25) is 0 Å². The molecule has 1 saturated heterocycles. The lowest BCUT2D eigenvalue weighted by atomic mass is 10.0. The van der Waals surface area contributed by atoms with Crippen LogP contribution in [0, 0.1) is 0 Å². The molecule has 2 nitrogen and oxygen atoms in total. The van der Waals surface area contributed by atoms with E-state index in [2.05, 4.69) is 72.5 Å². The summed E-state index contributed by atoms with van der Waals surface area (Å²) in [5.41, 5.74) is 3.87. The lowest BCUT2D eigenvalue weighted by molar-refractivity contribution is 0.238. The highest BCUT2D eigenvalue weighted by atomic mass is 16.5. The monoisotopic (exact) mass is 321 g/mol. The van der Waals surface area contributed by atoms with Crippen molar-refractivity contribution >= 4 is 11.6 Å². The second kappa shape index (κ2) is 8.70. The van der Waals surface area contributed by atoms with E-state index in [9.17, 15) is 0 Å². The summed E-state index contributed by atoms with van der Waals surface area (Å²) >= 11 is 0. The summed E-state index contributed by atoms with van der Waals surface area (Å²) < 4.78 is 5.89. The largest absolute Gasteiger partial charge is 0.492 e. The molecule has 2 heteroatoms. The third-order valence-corrected chi connectivity index (χ3v) is 4.62. The van der Waals surface area contributed by atoms with E-state index >= 15 is 0 Å². The van der Waals surface area contributed by atoms with Gasteiger partial charge in [-0.2, -0.15) is 0 Å². The number of hydrogen-bond acceptors (Lipinski definition) is 2. The highest BCUT2D eigenvalue weighted by Crippen LogP contribution is 2.23. The fourth-order valence-electron chi connectivity index (χ4n) is 3.20. The lowest BCUT2D eigenvalue weighted by Gasteiger charge is -2.15. The van der Waals surface area contributed by atoms with Gasteiger partial charge in [-0.3, -0.25) is 4.90 Å². The number of nitrogens with zero attached hydrogens (tertiary/aromatic N) is 1. The Labute approximate surface area is 145 Å². The fraction of sp³-hybridized carbons (Fsp3) is 0.364. The number of likely N-dealkylation sites (tertiary alicyclic amines) is 1. The van der Waals surface area contributed by atoms with Crippen LogP contribution in [0.25, 0.3) is 11.6 Å². The second-order valence-corrected chi connectivity index (χ2v) is 6.36. The normalized spacial score (nSPS) is 15.6. The molecular formula is C22H27NO. The highest BCUT2D eigenvalue weighted by Gasteiger charge is 2.10. The Hall–Kier alpha value is -2.06. The summed E-state index contributed by atoms with van der Waals surface area (Å²) in [6.45, 7) is 6.48. The minimum Gasteiger partial charge on any atom is -0.492 e. The maximum atomic E-state index is 5.89. The van der Waals surface area contributed by atoms with Crippen molar-refractivity contribution < 1.29 is 4.74 Å². The average Bonchev–Trinajstić information content (AvgIpc) is 3.15. The van der Waals surface area contributed by atoms with Crippen molar-refractivity contribution in [2.24, 2.45) is 0 Å². The van der Waals surface area contributed by atoms with Gasteiger partial charge in [-0.15, -0.1) is 0 Å². The molecule has 1 aliphatic heterocycles. The van der Waals surface area contributed by atoms with Crippen LogP contribution in [0.15, 0.2) is 54.6 Å². The molecule has 0 bridgehead atoms. The van der Waals surface area contributed by atoms with Crippen molar-refractivity contribution in [1.82, 2.24) is 4.90 Å². The molecule has 0 amide bonds. The minimum absolute atomic E-state index is 0.778. The number of benzene rings is 2. The Morgan fingerprint density at radius 1 is 1.00 bits per heavy atom. The van der Waals surface area contributed by atoms with Crippen LogP contribution in [0.4, 0.5) is 0 Å². The van der Waals surface area contributed by atoms with Crippen molar-refractivity contribution in [3.63, 3.8) is 0 Å². The number of rotatable bonds is 7. The van der Waals surface area contributed by atoms with Crippen LogP contribution in [-0.2, 0) is 0 Å². The molecule has 3 rings (SSSR count). The predicted molar refractivity (Wildman–Crippen MR) is 102 cm³/mol. The highest BCUT2D eigenvalue weighted by molar-refractivity contribution is 5.81.